The number of anilines is 2. The molecule has 1 N–H and O–H groups in total. The fourth-order valence-corrected chi connectivity index (χ4v) is 5.45. The van der Waals surface area contributed by atoms with E-state index in [4.69, 9.17) is 0 Å². The van der Waals surface area contributed by atoms with Gasteiger partial charge >= 0.3 is 0 Å². The van der Waals surface area contributed by atoms with Gasteiger partial charge in [-0.2, -0.15) is 0 Å². The van der Waals surface area contributed by atoms with Crippen molar-refractivity contribution in [3.05, 3.63) is 70.8 Å². The smallest absolute Gasteiger partial charge is 0.257 e. The van der Waals surface area contributed by atoms with Crippen LogP contribution in [0.2, 0.25) is 0 Å². The molecule has 5 nitrogen and oxygen atoms in total. The van der Waals surface area contributed by atoms with Gasteiger partial charge in [-0.3, -0.25) is 14.4 Å². The molecule has 4 atom stereocenters. The second-order valence-corrected chi connectivity index (χ2v) is 8.70. The molecule has 2 bridgehead atoms. The normalized spacial score (nSPS) is 26.8. The van der Waals surface area contributed by atoms with Gasteiger partial charge in [0.15, 0.2) is 0 Å². The average molecular weight is 400 g/mol. The molecule has 1 saturated heterocycles. The highest BCUT2D eigenvalue weighted by molar-refractivity contribution is 6.25. The van der Waals surface area contributed by atoms with E-state index in [0.29, 0.717) is 11.3 Å². The molecule has 30 heavy (non-hydrogen) atoms. The van der Waals surface area contributed by atoms with Gasteiger partial charge in [-0.15, -0.1) is 0 Å². The molecule has 0 spiro atoms. The number of amides is 3. The van der Waals surface area contributed by atoms with Crippen molar-refractivity contribution in [2.75, 3.05) is 10.2 Å². The van der Waals surface area contributed by atoms with Gasteiger partial charge in [-0.05, 0) is 68.4 Å². The largest absolute Gasteiger partial charge is 0.322 e. The molecule has 3 amide bonds. The Morgan fingerprint density at radius 1 is 0.967 bits per heavy atom. The molecular formula is C25H24N2O3. The lowest BCUT2D eigenvalue weighted by molar-refractivity contribution is -0.123. The van der Waals surface area contributed by atoms with Crippen LogP contribution in [0.5, 0.6) is 0 Å². The first kappa shape index (κ1) is 18.8. The van der Waals surface area contributed by atoms with Gasteiger partial charge in [-0.25, -0.2) is 4.90 Å². The highest BCUT2D eigenvalue weighted by Gasteiger charge is 2.61. The van der Waals surface area contributed by atoms with Crippen molar-refractivity contribution < 1.29 is 14.4 Å². The SMILES string of the molecule is CC1=C[C@@H]2C[C@@H]1[C@@H]1C(=O)N(c3ccccc3C(=O)Nc3cccc(C)c3C)C(=O)[C@H]12. The Balaban J connectivity index is 1.49. The molecule has 2 aromatic rings. The maximum atomic E-state index is 13.3. The Kier molecular flexibility index (Phi) is 4.17. The van der Waals surface area contributed by atoms with Crippen molar-refractivity contribution in [3.63, 3.8) is 0 Å². The summed E-state index contributed by atoms with van der Waals surface area (Å²) in [6.07, 6.45) is 3.04. The van der Waals surface area contributed by atoms with Crippen LogP contribution in [0.4, 0.5) is 11.4 Å². The number of carbonyl (C=O) groups excluding carboxylic acids is 3. The lowest BCUT2D eigenvalue weighted by Crippen LogP contribution is -2.34. The molecule has 2 aromatic carbocycles. The molecule has 0 unspecified atom stereocenters. The third-order valence-electron chi connectivity index (χ3n) is 7.12. The van der Waals surface area contributed by atoms with E-state index in [9.17, 15) is 14.4 Å². The molecular weight excluding hydrogens is 376 g/mol. The number of para-hydroxylation sites is 1. The van der Waals surface area contributed by atoms with Crippen LogP contribution in [0.25, 0.3) is 0 Å². The van der Waals surface area contributed by atoms with Crippen LogP contribution >= 0.6 is 0 Å². The van der Waals surface area contributed by atoms with E-state index in [1.807, 2.05) is 39.0 Å². The van der Waals surface area contributed by atoms with Crippen molar-refractivity contribution in [1.82, 2.24) is 0 Å². The van der Waals surface area contributed by atoms with E-state index in [1.54, 1.807) is 24.3 Å². The summed E-state index contributed by atoms with van der Waals surface area (Å²) in [6, 6.07) is 12.6. The third kappa shape index (κ3) is 2.58. The fourth-order valence-electron chi connectivity index (χ4n) is 5.45. The number of allylic oxidation sites excluding steroid dienone is 2. The van der Waals surface area contributed by atoms with E-state index in [1.165, 1.54) is 10.5 Å². The van der Waals surface area contributed by atoms with Crippen molar-refractivity contribution in [3.8, 4) is 0 Å². The van der Waals surface area contributed by atoms with Crippen LogP contribution in [0, 0.1) is 37.5 Å². The lowest BCUT2D eigenvalue weighted by Gasteiger charge is -2.21. The van der Waals surface area contributed by atoms with Crippen LogP contribution in [0.15, 0.2) is 54.1 Å². The predicted molar refractivity (Wildman–Crippen MR) is 115 cm³/mol. The molecule has 0 radical (unpaired) electrons. The summed E-state index contributed by atoms with van der Waals surface area (Å²) in [5.74, 6) is -0.960. The minimum atomic E-state index is -0.325. The molecule has 2 fully saturated rings. The fraction of sp³-hybridized carbons (Fsp3) is 0.320. The molecule has 1 saturated carbocycles. The van der Waals surface area contributed by atoms with E-state index < -0.39 is 0 Å². The van der Waals surface area contributed by atoms with Gasteiger partial charge in [0.1, 0.15) is 0 Å². The Labute approximate surface area is 175 Å². The molecule has 3 aliphatic rings. The summed E-state index contributed by atoms with van der Waals surface area (Å²) in [7, 11) is 0. The molecule has 0 aromatic heterocycles. The Morgan fingerprint density at radius 3 is 2.50 bits per heavy atom. The molecule has 152 valence electrons. The first-order chi connectivity index (χ1) is 14.4. The van der Waals surface area contributed by atoms with Crippen LogP contribution in [0.3, 0.4) is 0 Å². The second-order valence-electron chi connectivity index (χ2n) is 8.70. The topological polar surface area (TPSA) is 66.5 Å². The summed E-state index contributed by atoms with van der Waals surface area (Å²) in [4.78, 5) is 41.0. The van der Waals surface area contributed by atoms with Gasteiger partial charge in [0.25, 0.3) is 5.91 Å². The lowest BCUT2D eigenvalue weighted by atomic mass is 9.82. The summed E-state index contributed by atoms with van der Waals surface area (Å²) < 4.78 is 0. The molecule has 1 aliphatic heterocycles. The van der Waals surface area contributed by atoms with Crippen LogP contribution in [-0.4, -0.2) is 17.7 Å². The second kappa shape index (κ2) is 6.66. The maximum Gasteiger partial charge on any atom is 0.257 e. The first-order valence-electron chi connectivity index (χ1n) is 10.4. The number of carbonyl (C=O) groups is 3. The van der Waals surface area contributed by atoms with Crippen LogP contribution in [-0.2, 0) is 9.59 Å². The van der Waals surface area contributed by atoms with Crippen molar-refractivity contribution in [2.24, 2.45) is 23.7 Å². The van der Waals surface area contributed by atoms with Crippen molar-refractivity contribution >= 4 is 29.1 Å². The van der Waals surface area contributed by atoms with E-state index in [-0.39, 0.29) is 41.4 Å². The zero-order valence-corrected chi connectivity index (χ0v) is 17.3. The number of rotatable bonds is 3. The maximum absolute atomic E-state index is 13.3. The predicted octanol–water partition coefficient (Wildman–Crippen LogP) is 4.26. The van der Waals surface area contributed by atoms with Gasteiger partial charge in [0.2, 0.25) is 11.8 Å². The molecule has 2 aliphatic carbocycles. The number of fused-ring (bicyclic) bond motifs is 5. The Bertz CT molecular complexity index is 1130. The number of imide groups is 1. The number of benzene rings is 2. The minimum absolute atomic E-state index is 0.136. The number of hydrogen-bond donors (Lipinski definition) is 1. The average Bonchev–Trinajstić information content (AvgIpc) is 3.36. The highest BCUT2D eigenvalue weighted by Crippen LogP contribution is 2.56. The van der Waals surface area contributed by atoms with E-state index >= 15 is 0 Å². The van der Waals surface area contributed by atoms with E-state index in [0.717, 1.165) is 23.2 Å². The van der Waals surface area contributed by atoms with Gasteiger partial charge < -0.3 is 5.32 Å². The van der Waals surface area contributed by atoms with Gasteiger partial charge in [0, 0.05) is 5.69 Å². The summed E-state index contributed by atoms with van der Waals surface area (Å²) >= 11 is 0. The minimum Gasteiger partial charge on any atom is -0.322 e. The summed E-state index contributed by atoms with van der Waals surface area (Å²) in [6.45, 7) is 5.99. The zero-order chi connectivity index (χ0) is 21.2. The number of hydrogen-bond acceptors (Lipinski definition) is 3. The van der Waals surface area contributed by atoms with Crippen LogP contribution in [0.1, 0.15) is 34.8 Å². The Hall–Kier alpha value is -3.21. The quantitative estimate of drug-likeness (QED) is 0.618. The monoisotopic (exact) mass is 400 g/mol. The zero-order valence-electron chi connectivity index (χ0n) is 17.3. The van der Waals surface area contributed by atoms with Crippen LogP contribution < -0.4 is 10.2 Å². The molecule has 5 heteroatoms. The Morgan fingerprint density at radius 2 is 1.70 bits per heavy atom. The van der Waals surface area contributed by atoms with Crippen molar-refractivity contribution in [2.45, 2.75) is 27.2 Å². The standard InChI is InChI=1S/C25H24N2O3/c1-13-7-6-9-19(15(13)3)26-23(28)17-8-4-5-10-20(17)27-24(29)21-16-11-14(2)18(12-16)22(21)25(27)30/h4-11,16,18,21-22H,12H2,1-3H3,(H,26,28)/t16-,18+,21+,22+/m1/s1. The van der Waals surface area contributed by atoms with E-state index in [2.05, 4.69) is 11.4 Å². The first-order valence-corrected chi connectivity index (χ1v) is 10.4. The number of nitrogens with zero attached hydrogens (tertiary/aromatic N) is 1. The summed E-state index contributed by atoms with van der Waals surface area (Å²) in [5, 5.41) is 2.95. The van der Waals surface area contributed by atoms with Gasteiger partial charge in [0.05, 0.1) is 23.1 Å². The molecule has 1 heterocycles. The third-order valence-corrected chi connectivity index (χ3v) is 7.12. The van der Waals surface area contributed by atoms with Gasteiger partial charge in [-0.1, -0.05) is 35.9 Å². The molecule has 5 rings (SSSR count). The van der Waals surface area contributed by atoms with Crippen molar-refractivity contribution in [1.29, 1.82) is 0 Å². The number of aryl methyl sites for hydroxylation is 1. The highest BCUT2D eigenvalue weighted by atomic mass is 16.2. The summed E-state index contributed by atoms with van der Waals surface area (Å²) in [5.41, 5.74) is 4.72. The number of nitrogens with one attached hydrogen (secondary N) is 1.